The second kappa shape index (κ2) is 40.3. The first-order valence-electron chi connectivity index (χ1n) is 23.8. The minimum absolute atomic E-state index is 0.0315. The third-order valence-corrected chi connectivity index (χ3v) is 11.6. The summed E-state index contributed by atoms with van der Waals surface area (Å²) in [5, 5.41) is 0. The molecule has 8 nitrogen and oxygen atoms in total. The van der Waals surface area contributed by atoms with E-state index in [1.807, 2.05) is 21.1 Å². The number of carbonyl (C=O) groups is 1. The Morgan fingerprint density at radius 1 is 0.491 bits per heavy atom. The lowest BCUT2D eigenvalue weighted by Crippen LogP contribution is -2.37. The van der Waals surface area contributed by atoms with Gasteiger partial charge in [0.05, 0.1) is 34.4 Å². The van der Waals surface area contributed by atoms with Crippen LogP contribution in [0.3, 0.4) is 0 Å². The lowest BCUT2D eigenvalue weighted by molar-refractivity contribution is -0.870. The van der Waals surface area contributed by atoms with E-state index in [9.17, 15) is 14.3 Å². The molecule has 0 bridgehead atoms. The zero-order chi connectivity index (χ0) is 40.6. The summed E-state index contributed by atoms with van der Waals surface area (Å²) in [5.74, 6) is -0.327. The molecule has 0 N–H and O–H groups in total. The molecule has 2 unspecified atom stereocenters. The molecular formula is C46H94NO7P. The Bertz CT molecular complexity index is 853. The van der Waals surface area contributed by atoms with Crippen LogP contribution in [0.2, 0.25) is 0 Å². The van der Waals surface area contributed by atoms with Crippen LogP contribution in [0.25, 0.3) is 0 Å². The number of quaternary nitrogens is 1. The number of carbonyl (C=O) groups excluding carboxylic acids is 1. The van der Waals surface area contributed by atoms with Gasteiger partial charge in [-0.1, -0.05) is 213 Å². The Balaban J connectivity index is 4.14. The van der Waals surface area contributed by atoms with Crippen LogP contribution in [0.15, 0.2) is 0 Å². The van der Waals surface area contributed by atoms with Gasteiger partial charge in [-0.3, -0.25) is 9.36 Å². The molecule has 0 fully saturated rings. The van der Waals surface area contributed by atoms with Crippen molar-refractivity contribution in [3.8, 4) is 0 Å². The topological polar surface area (TPSA) is 94.1 Å². The summed E-state index contributed by atoms with van der Waals surface area (Å²) in [6.07, 6.45) is 42.5. The zero-order valence-corrected chi connectivity index (χ0v) is 38.3. The summed E-state index contributed by atoms with van der Waals surface area (Å²) in [5.41, 5.74) is 0. The van der Waals surface area contributed by atoms with E-state index >= 15 is 0 Å². The fourth-order valence-corrected chi connectivity index (χ4v) is 7.69. The number of unbranched alkanes of at least 4 members (excludes halogenated alkanes) is 31. The average molecular weight is 804 g/mol. The minimum atomic E-state index is -4.52. The van der Waals surface area contributed by atoms with Crippen LogP contribution in [0.1, 0.15) is 232 Å². The van der Waals surface area contributed by atoms with E-state index in [0.717, 1.165) is 32.1 Å². The van der Waals surface area contributed by atoms with Gasteiger partial charge in [-0.15, -0.1) is 0 Å². The Kier molecular flexibility index (Phi) is 39.9. The first-order chi connectivity index (χ1) is 26.6. The molecule has 330 valence electrons. The number of hydrogen-bond donors (Lipinski definition) is 0. The maximum atomic E-state index is 12.7. The van der Waals surface area contributed by atoms with E-state index in [0.29, 0.717) is 24.1 Å². The minimum Gasteiger partial charge on any atom is -0.756 e. The predicted octanol–water partition coefficient (Wildman–Crippen LogP) is 13.4. The highest BCUT2D eigenvalue weighted by atomic mass is 31.2. The second-order valence-electron chi connectivity index (χ2n) is 17.5. The van der Waals surface area contributed by atoms with Crippen molar-refractivity contribution in [3.05, 3.63) is 0 Å². The van der Waals surface area contributed by atoms with Crippen molar-refractivity contribution in [2.45, 2.75) is 238 Å². The largest absolute Gasteiger partial charge is 0.756 e. The Labute approximate surface area is 342 Å². The van der Waals surface area contributed by atoms with Gasteiger partial charge in [0.1, 0.15) is 19.3 Å². The Morgan fingerprint density at radius 2 is 0.836 bits per heavy atom. The molecule has 0 aromatic rings. The van der Waals surface area contributed by atoms with Gasteiger partial charge in [-0.05, 0) is 12.8 Å². The van der Waals surface area contributed by atoms with Crippen molar-refractivity contribution in [2.24, 2.45) is 0 Å². The molecule has 0 aliphatic carbocycles. The van der Waals surface area contributed by atoms with Gasteiger partial charge >= 0.3 is 5.97 Å². The number of ether oxygens (including phenoxy) is 2. The molecule has 0 saturated heterocycles. The van der Waals surface area contributed by atoms with Crippen LogP contribution in [0, 0.1) is 0 Å². The van der Waals surface area contributed by atoms with Crippen LogP contribution < -0.4 is 4.89 Å². The van der Waals surface area contributed by atoms with E-state index in [4.69, 9.17) is 18.5 Å². The van der Waals surface area contributed by atoms with Gasteiger partial charge in [-0.25, -0.2) is 0 Å². The monoisotopic (exact) mass is 804 g/mol. The molecule has 0 heterocycles. The zero-order valence-electron chi connectivity index (χ0n) is 37.4. The fourth-order valence-electron chi connectivity index (χ4n) is 6.96. The molecule has 0 rings (SSSR count). The standard InChI is InChI=1S/C46H94NO7P/c1-6-8-10-12-14-16-18-20-22-24-26-28-30-32-34-36-38-41-51-43-45(44-53-55(49,50)52-42-40-47(3,4)5)54-46(48)39-37-35-33-31-29-27-25-23-21-19-17-15-13-11-9-7-2/h45H,6-44H2,1-5H3. The molecule has 0 aliphatic rings. The van der Waals surface area contributed by atoms with Crippen LogP contribution in [-0.4, -0.2) is 70.7 Å². The number of esters is 1. The smallest absolute Gasteiger partial charge is 0.306 e. The molecule has 0 spiro atoms. The molecule has 0 aromatic heterocycles. The first kappa shape index (κ1) is 54.5. The molecule has 0 aromatic carbocycles. The Morgan fingerprint density at radius 3 is 1.20 bits per heavy atom. The van der Waals surface area contributed by atoms with Crippen molar-refractivity contribution in [1.82, 2.24) is 0 Å². The maximum Gasteiger partial charge on any atom is 0.306 e. The maximum absolute atomic E-state index is 12.7. The van der Waals surface area contributed by atoms with Crippen LogP contribution in [0.4, 0.5) is 0 Å². The number of hydrogen-bond acceptors (Lipinski definition) is 7. The lowest BCUT2D eigenvalue weighted by Gasteiger charge is -2.28. The number of likely N-dealkylation sites (N-methyl/N-ethyl adjacent to an activating group) is 1. The third kappa shape index (κ3) is 44.4. The highest BCUT2D eigenvalue weighted by molar-refractivity contribution is 7.45. The summed E-state index contributed by atoms with van der Waals surface area (Å²) in [4.78, 5) is 25.1. The average Bonchev–Trinajstić information content (AvgIpc) is 3.13. The van der Waals surface area contributed by atoms with Crippen molar-refractivity contribution < 1.29 is 37.3 Å². The first-order valence-corrected chi connectivity index (χ1v) is 25.2. The quantitative estimate of drug-likeness (QED) is 0.0262. The number of rotatable bonds is 45. The molecule has 0 amide bonds. The summed E-state index contributed by atoms with van der Waals surface area (Å²) >= 11 is 0. The van der Waals surface area contributed by atoms with E-state index in [2.05, 4.69) is 13.8 Å². The third-order valence-electron chi connectivity index (χ3n) is 10.7. The molecule has 9 heteroatoms. The highest BCUT2D eigenvalue weighted by Gasteiger charge is 2.20. The molecule has 55 heavy (non-hydrogen) atoms. The predicted molar refractivity (Wildman–Crippen MR) is 231 cm³/mol. The van der Waals surface area contributed by atoms with Crippen molar-refractivity contribution in [1.29, 1.82) is 0 Å². The highest BCUT2D eigenvalue weighted by Crippen LogP contribution is 2.38. The van der Waals surface area contributed by atoms with E-state index in [1.165, 1.54) is 180 Å². The van der Waals surface area contributed by atoms with Crippen molar-refractivity contribution >= 4 is 13.8 Å². The van der Waals surface area contributed by atoms with Gasteiger partial charge < -0.3 is 27.9 Å². The SMILES string of the molecule is CCCCCCCCCCCCCCCCCCCOCC(COP(=O)([O-])OCC[N+](C)(C)C)OC(=O)CCCCCCCCCCCCCCCCCC. The molecule has 2 atom stereocenters. The summed E-state index contributed by atoms with van der Waals surface area (Å²) in [6.45, 7) is 5.48. The van der Waals surface area contributed by atoms with E-state index < -0.39 is 13.9 Å². The summed E-state index contributed by atoms with van der Waals surface area (Å²) in [7, 11) is 1.38. The number of phosphoric acid groups is 1. The van der Waals surface area contributed by atoms with Crippen LogP contribution in [0.5, 0.6) is 0 Å². The van der Waals surface area contributed by atoms with Crippen LogP contribution >= 0.6 is 7.82 Å². The molecule has 0 aliphatic heterocycles. The van der Waals surface area contributed by atoms with Gasteiger partial charge in [0.2, 0.25) is 0 Å². The fraction of sp³-hybridized carbons (Fsp3) is 0.978. The molecular weight excluding hydrogens is 709 g/mol. The van der Waals surface area contributed by atoms with Gasteiger partial charge in [-0.2, -0.15) is 0 Å². The lowest BCUT2D eigenvalue weighted by atomic mass is 10.0. The Hall–Kier alpha value is -0.500. The summed E-state index contributed by atoms with van der Waals surface area (Å²) < 4.78 is 34.7. The number of phosphoric ester groups is 1. The second-order valence-corrected chi connectivity index (χ2v) is 18.9. The van der Waals surface area contributed by atoms with Crippen molar-refractivity contribution in [3.63, 3.8) is 0 Å². The van der Waals surface area contributed by atoms with Gasteiger partial charge in [0.15, 0.2) is 0 Å². The molecule has 0 saturated carbocycles. The van der Waals surface area contributed by atoms with E-state index in [1.54, 1.807) is 0 Å². The summed E-state index contributed by atoms with van der Waals surface area (Å²) in [6, 6.07) is 0. The van der Waals surface area contributed by atoms with Crippen LogP contribution in [-0.2, 0) is 27.9 Å². The number of nitrogens with zero attached hydrogens (tertiary/aromatic N) is 1. The molecule has 0 radical (unpaired) electrons. The van der Waals surface area contributed by atoms with Gasteiger partial charge in [0, 0.05) is 13.0 Å². The normalized spacial score (nSPS) is 13.6. The van der Waals surface area contributed by atoms with Gasteiger partial charge in [0.25, 0.3) is 7.82 Å². The van der Waals surface area contributed by atoms with Crippen molar-refractivity contribution in [2.75, 3.05) is 54.1 Å². The van der Waals surface area contributed by atoms with E-state index in [-0.39, 0.29) is 25.8 Å².